The lowest BCUT2D eigenvalue weighted by Gasteiger charge is -2.32. The molecule has 1 aliphatic carbocycles. The Morgan fingerprint density at radius 2 is 1.55 bits per heavy atom. The second-order valence-corrected chi connectivity index (χ2v) is 13.0. The maximum Gasteiger partial charge on any atom is 0.481 e. The number of aryl methyl sites for hydroxylation is 1. The summed E-state index contributed by atoms with van der Waals surface area (Å²) in [7, 11) is 2.65. The zero-order valence-electron chi connectivity index (χ0n) is 26.4. The molecule has 0 saturated carbocycles. The first-order chi connectivity index (χ1) is 19.8. The van der Waals surface area contributed by atoms with Crippen molar-refractivity contribution in [2.45, 2.75) is 96.8 Å². The zero-order valence-corrected chi connectivity index (χ0v) is 26.4. The summed E-state index contributed by atoms with van der Waals surface area (Å²) in [6.45, 7) is 12.3. The van der Waals surface area contributed by atoms with Crippen molar-refractivity contribution in [3.8, 4) is 11.5 Å². The molecular formula is C33H47BN2O6. The van der Waals surface area contributed by atoms with Crippen LogP contribution in [-0.4, -0.2) is 56.3 Å². The number of methoxy groups -OCH3 is 2. The van der Waals surface area contributed by atoms with Crippen LogP contribution in [0.25, 0.3) is 0 Å². The minimum absolute atomic E-state index is 0.123. The highest BCUT2D eigenvalue weighted by molar-refractivity contribution is 6.48. The van der Waals surface area contributed by atoms with Gasteiger partial charge in [-0.25, -0.2) is 0 Å². The van der Waals surface area contributed by atoms with Gasteiger partial charge in [0.2, 0.25) is 11.8 Å². The fourth-order valence-electron chi connectivity index (χ4n) is 5.74. The lowest BCUT2D eigenvalue weighted by Crippen LogP contribution is -2.56. The van der Waals surface area contributed by atoms with E-state index in [9.17, 15) is 9.59 Å². The number of carbonyl (C=O) groups is 2. The third-order valence-corrected chi connectivity index (χ3v) is 8.87. The lowest BCUT2D eigenvalue weighted by atomic mass is 9.73. The number of hydrogen-bond acceptors (Lipinski definition) is 6. The van der Waals surface area contributed by atoms with Gasteiger partial charge < -0.3 is 29.4 Å². The molecule has 0 aromatic heterocycles. The van der Waals surface area contributed by atoms with E-state index in [1.807, 2.05) is 70.2 Å². The van der Waals surface area contributed by atoms with E-state index in [-0.39, 0.29) is 23.7 Å². The predicted octanol–water partition coefficient (Wildman–Crippen LogP) is 4.70. The monoisotopic (exact) mass is 578 g/mol. The Morgan fingerprint density at radius 3 is 2.12 bits per heavy atom. The van der Waals surface area contributed by atoms with Gasteiger partial charge >= 0.3 is 7.12 Å². The first-order valence-electron chi connectivity index (χ1n) is 15.1. The molecule has 1 saturated heterocycles. The Balaban J connectivity index is 1.52. The molecule has 1 unspecified atom stereocenters. The number of amides is 2. The highest BCUT2D eigenvalue weighted by Crippen LogP contribution is 2.38. The molecule has 2 amide bonds. The van der Waals surface area contributed by atoms with Crippen LogP contribution in [0.4, 0.5) is 0 Å². The van der Waals surface area contributed by atoms with Gasteiger partial charge in [0.1, 0.15) is 6.04 Å². The van der Waals surface area contributed by atoms with Crippen LogP contribution in [0.5, 0.6) is 11.5 Å². The maximum atomic E-state index is 13.9. The van der Waals surface area contributed by atoms with Crippen LogP contribution in [0.1, 0.15) is 71.1 Å². The third-order valence-electron chi connectivity index (χ3n) is 8.87. The summed E-state index contributed by atoms with van der Waals surface area (Å²) in [4.78, 5) is 27.6. The Bertz CT molecular complexity index is 1230. The average Bonchev–Trinajstić information content (AvgIpc) is 3.17. The summed E-state index contributed by atoms with van der Waals surface area (Å²) in [5.74, 6) is 0.662. The first-order valence-corrected chi connectivity index (χ1v) is 15.1. The van der Waals surface area contributed by atoms with Gasteiger partial charge in [-0.15, -0.1) is 0 Å². The standard InChI is InChI=1S/C33H47BN2O6/c1-21(2)16-29(34-41-32(3,4)33(5,6)42-34)36-31(38)26(17-22-12-10-9-11-13-22)35-30(37)24-15-14-23-19-27(39-7)28(40-8)20-25(23)18-24/h9-13,19-21,24,26,29H,14-18H2,1-8H3,(H,35,37)(H,36,38)/t24?,26-,29-/m0/s1. The Labute approximate surface area is 251 Å². The summed E-state index contributed by atoms with van der Waals surface area (Å²) in [6, 6.07) is 13.0. The predicted molar refractivity (Wildman–Crippen MR) is 165 cm³/mol. The molecule has 3 atom stereocenters. The topological polar surface area (TPSA) is 95.1 Å². The molecule has 2 N–H and O–H groups in total. The van der Waals surface area contributed by atoms with Gasteiger partial charge in [-0.2, -0.15) is 0 Å². The van der Waals surface area contributed by atoms with Crippen molar-refractivity contribution < 1.29 is 28.4 Å². The van der Waals surface area contributed by atoms with Crippen LogP contribution in [-0.2, 0) is 38.2 Å². The van der Waals surface area contributed by atoms with Crippen molar-refractivity contribution >= 4 is 18.9 Å². The van der Waals surface area contributed by atoms with Crippen LogP contribution in [0.3, 0.4) is 0 Å². The van der Waals surface area contributed by atoms with E-state index in [2.05, 4.69) is 24.5 Å². The molecule has 42 heavy (non-hydrogen) atoms. The molecule has 228 valence electrons. The van der Waals surface area contributed by atoms with Crippen molar-refractivity contribution in [3.63, 3.8) is 0 Å². The molecular weight excluding hydrogens is 531 g/mol. The molecule has 0 spiro atoms. The van der Waals surface area contributed by atoms with Gasteiger partial charge in [0.25, 0.3) is 0 Å². The fraction of sp³-hybridized carbons (Fsp3) is 0.576. The van der Waals surface area contributed by atoms with Crippen molar-refractivity contribution in [2.75, 3.05) is 14.2 Å². The first kappa shape index (κ1) is 31.9. The average molecular weight is 579 g/mol. The number of rotatable bonds is 11. The summed E-state index contributed by atoms with van der Waals surface area (Å²) < 4.78 is 23.6. The van der Waals surface area contributed by atoms with Crippen molar-refractivity contribution in [3.05, 3.63) is 59.2 Å². The highest BCUT2D eigenvalue weighted by atomic mass is 16.7. The minimum atomic E-state index is -0.746. The molecule has 1 fully saturated rings. The van der Waals surface area contributed by atoms with E-state index >= 15 is 0 Å². The quantitative estimate of drug-likeness (QED) is 0.376. The molecule has 8 nitrogen and oxygen atoms in total. The molecule has 4 rings (SSSR count). The van der Waals surface area contributed by atoms with Crippen LogP contribution >= 0.6 is 0 Å². The molecule has 1 heterocycles. The van der Waals surface area contributed by atoms with Crippen LogP contribution < -0.4 is 20.1 Å². The zero-order chi connectivity index (χ0) is 30.7. The molecule has 9 heteroatoms. The van der Waals surface area contributed by atoms with E-state index < -0.39 is 24.4 Å². The lowest BCUT2D eigenvalue weighted by molar-refractivity contribution is -0.131. The Hall–Kier alpha value is -3.04. The SMILES string of the molecule is COc1cc2c(cc1OC)CC(C(=O)N[C@@H](Cc1ccccc1)C(=O)N[C@@H](CC(C)C)B1OC(C)(C)C(C)(C)O1)CC2. The highest BCUT2D eigenvalue weighted by Gasteiger charge is 2.54. The maximum absolute atomic E-state index is 13.9. The minimum Gasteiger partial charge on any atom is -0.493 e. The van der Waals surface area contributed by atoms with Gasteiger partial charge in [0.05, 0.1) is 31.4 Å². The number of ether oxygens (including phenoxy) is 2. The molecule has 1 aliphatic heterocycles. The number of carbonyl (C=O) groups excluding carboxylic acids is 2. The third kappa shape index (κ3) is 7.29. The fourth-order valence-corrected chi connectivity index (χ4v) is 5.74. The van der Waals surface area contributed by atoms with Crippen molar-refractivity contribution in [2.24, 2.45) is 11.8 Å². The van der Waals surface area contributed by atoms with Gasteiger partial charge in [-0.3, -0.25) is 9.59 Å². The molecule has 2 aromatic carbocycles. The van der Waals surface area contributed by atoms with E-state index in [1.54, 1.807) is 14.2 Å². The number of benzene rings is 2. The van der Waals surface area contributed by atoms with Gasteiger partial charge in [-0.1, -0.05) is 44.2 Å². The number of fused-ring (bicyclic) bond motifs is 1. The molecule has 0 bridgehead atoms. The molecule has 2 aromatic rings. The summed E-state index contributed by atoms with van der Waals surface area (Å²) in [5.41, 5.74) is 2.17. The second-order valence-electron chi connectivity index (χ2n) is 13.0. The van der Waals surface area contributed by atoms with Crippen molar-refractivity contribution in [1.29, 1.82) is 0 Å². The second kappa shape index (κ2) is 13.1. The van der Waals surface area contributed by atoms with E-state index in [4.69, 9.17) is 18.8 Å². The smallest absolute Gasteiger partial charge is 0.481 e. The van der Waals surface area contributed by atoms with Gasteiger partial charge in [0.15, 0.2) is 11.5 Å². The van der Waals surface area contributed by atoms with E-state index in [0.29, 0.717) is 43.1 Å². The Kier molecular flexibility index (Phi) is 9.94. The van der Waals surface area contributed by atoms with Gasteiger partial charge in [0, 0.05) is 12.3 Å². The Morgan fingerprint density at radius 1 is 0.952 bits per heavy atom. The van der Waals surface area contributed by atoms with E-state index in [0.717, 1.165) is 23.1 Å². The molecule has 2 aliphatic rings. The summed E-state index contributed by atoms with van der Waals surface area (Å²) in [5, 5.41) is 6.31. The van der Waals surface area contributed by atoms with Crippen LogP contribution in [0, 0.1) is 11.8 Å². The number of hydrogen-bond donors (Lipinski definition) is 2. The van der Waals surface area contributed by atoms with E-state index in [1.165, 1.54) is 0 Å². The largest absolute Gasteiger partial charge is 0.493 e. The summed E-state index contributed by atoms with van der Waals surface area (Å²) in [6.07, 6.45) is 3.08. The molecule has 0 radical (unpaired) electrons. The normalized spacial score (nSPS) is 20.4. The number of nitrogens with one attached hydrogen (secondary N) is 2. The van der Waals surface area contributed by atoms with Crippen LogP contribution in [0.15, 0.2) is 42.5 Å². The van der Waals surface area contributed by atoms with Gasteiger partial charge in [-0.05, 0) is 88.1 Å². The van der Waals surface area contributed by atoms with Crippen molar-refractivity contribution in [1.82, 2.24) is 10.6 Å². The summed E-state index contributed by atoms with van der Waals surface area (Å²) >= 11 is 0. The van der Waals surface area contributed by atoms with Crippen LogP contribution in [0.2, 0.25) is 0 Å².